The van der Waals surface area contributed by atoms with Gasteiger partial charge < -0.3 is 0 Å². The fourth-order valence-electron chi connectivity index (χ4n) is 0.593. The van der Waals surface area contributed by atoms with Crippen LogP contribution < -0.4 is 0 Å². The number of nitrogens with zero attached hydrogens (tertiary/aromatic N) is 1. The van der Waals surface area contributed by atoms with E-state index < -0.39 is 0 Å². The Morgan fingerprint density at radius 1 is 1.86 bits per heavy atom. The third-order valence-corrected chi connectivity index (χ3v) is 2.55. The van der Waals surface area contributed by atoms with Crippen LogP contribution in [-0.4, -0.2) is 29.0 Å². The molecule has 42 valence electrons. The molecule has 1 atom stereocenters. The van der Waals surface area contributed by atoms with Gasteiger partial charge in [0, 0.05) is 12.3 Å². The van der Waals surface area contributed by atoms with Crippen molar-refractivity contribution in [1.82, 2.24) is 4.31 Å². The standard InChI is InChI=1S/C4H8ClNS/c1-6-2-4(5)3-7-6/h4H,2-3H2,1H3. The van der Waals surface area contributed by atoms with Gasteiger partial charge in [-0.2, -0.15) is 0 Å². The first-order chi connectivity index (χ1) is 3.29. The predicted octanol–water partition coefficient (Wildman–Crippen LogP) is 1.19. The smallest absolute Gasteiger partial charge is 0.0575 e. The first-order valence-electron chi connectivity index (χ1n) is 2.27. The second kappa shape index (κ2) is 2.25. The van der Waals surface area contributed by atoms with Gasteiger partial charge in [-0.1, -0.05) is 11.9 Å². The van der Waals surface area contributed by atoms with Gasteiger partial charge in [-0.25, -0.2) is 0 Å². The summed E-state index contributed by atoms with van der Waals surface area (Å²) in [6.45, 7) is 1.03. The van der Waals surface area contributed by atoms with Crippen LogP contribution in [0.5, 0.6) is 0 Å². The number of rotatable bonds is 0. The quantitative estimate of drug-likeness (QED) is 0.365. The summed E-state index contributed by atoms with van der Waals surface area (Å²) >= 11 is 7.55. The van der Waals surface area contributed by atoms with Crippen LogP contribution >= 0.6 is 23.5 Å². The van der Waals surface area contributed by atoms with Gasteiger partial charge in [0.25, 0.3) is 0 Å². The molecule has 0 spiro atoms. The molecule has 0 aromatic heterocycles. The molecule has 7 heavy (non-hydrogen) atoms. The lowest BCUT2D eigenvalue weighted by Gasteiger charge is -2.00. The average Bonchev–Trinajstić information content (AvgIpc) is 1.87. The van der Waals surface area contributed by atoms with E-state index in [2.05, 4.69) is 11.4 Å². The lowest BCUT2D eigenvalue weighted by Crippen LogP contribution is -2.09. The van der Waals surface area contributed by atoms with Crippen molar-refractivity contribution >= 4 is 23.5 Å². The monoisotopic (exact) mass is 137 g/mol. The molecule has 0 amide bonds. The van der Waals surface area contributed by atoms with Crippen molar-refractivity contribution in [2.24, 2.45) is 0 Å². The first kappa shape index (κ1) is 5.73. The zero-order valence-electron chi connectivity index (χ0n) is 4.22. The Balaban J connectivity index is 2.26. The number of hydrogen-bond acceptors (Lipinski definition) is 2. The lowest BCUT2D eigenvalue weighted by atomic mass is 10.5. The van der Waals surface area contributed by atoms with Gasteiger partial charge in [0.05, 0.1) is 5.38 Å². The van der Waals surface area contributed by atoms with Crippen molar-refractivity contribution in [3.05, 3.63) is 0 Å². The van der Waals surface area contributed by atoms with Crippen LogP contribution in [0.2, 0.25) is 0 Å². The van der Waals surface area contributed by atoms with Gasteiger partial charge in [0.2, 0.25) is 0 Å². The average molecular weight is 138 g/mol. The Morgan fingerprint density at radius 3 is 2.71 bits per heavy atom. The summed E-state index contributed by atoms with van der Waals surface area (Å²) < 4.78 is 2.16. The Labute approximate surface area is 53.1 Å². The molecule has 1 rings (SSSR count). The van der Waals surface area contributed by atoms with E-state index in [0.29, 0.717) is 5.38 Å². The van der Waals surface area contributed by atoms with E-state index >= 15 is 0 Å². The van der Waals surface area contributed by atoms with Crippen LogP contribution in [0.3, 0.4) is 0 Å². The summed E-state index contributed by atoms with van der Waals surface area (Å²) in [6, 6.07) is 0. The Hall–Kier alpha value is 0.600. The van der Waals surface area contributed by atoms with Crippen LogP contribution in [0, 0.1) is 0 Å². The van der Waals surface area contributed by atoms with E-state index in [0.717, 1.165) is 12.3 Å². The zero-order chi connectivity index (χ0) is 5.28. The highest BCUT2D eigenvalue weighted by atomic mass is 35.5. The molecule has 1 nitrogen and oxygen atoms in total. The van der Waals surface area contributed by atoms with Crippen molar-refractivity contribution in [2.75, 3.05) is 19.3 Å². The van der Waals surface area contributed by atoms with E-state index in [1.807, 2.05) is 0 Å². The van der Waals surface area contributed by atoms with Crippen molar-refractivity contribution in [3.8, 4) is 0 Å². The fraction of sp³-hybridized carbons (Fsp3) is 1.00. The maximum absolute atomic E-state index is 5.74. The van der Waals surface area contributed by atoms with E-state index in [1.165, 1.54) is 0 Å². The van der Waals surface area contributed by atoms with Crippen molar-refractivity contribution in [3.63, 3.8) is 0 Å². The summed E-state index contributed by atoms with van der Waals surface area (Å²) in [5.74, 6) is 1.08. The Kier molecular flexibility index (Phi) is 1.84. The van der Waals surface area contributed by atoms with Crippen molar-refractivity contribution in [1.29, 1.82) is 0 Å². The molecular weight excluding hydrogens is 130 g/mol. The maximum Gasteiger partial charge on any atom is 0.0575 e. The van der Waals surface area contributed by atoms with Gasteiger partial charge in [0.15, 0.2) is 0 Å². The third-order valence-electron chi connectivity index (χ3n) is 0.931. The van der Waals surface area contributed by atoms with E-state index in [4.69, 9.17) is 11.6 Å². The molecule has 1 aliphatic heterocycles. The second-order valence-corrected chi connectivity index (χ2v) is 3.54. The predicted molar refractivity (Wildman–Crippen MR) is 34.7 cm³/mol. The van der Waals surface area contributed by atoms with E-state index in [1.54, 1.807) is 11.9 Å². The minimum absolute atomic E-state index is 0.384. The maximum atomic E-state index is 5.74. The highest BCUT2D eigenvalue weighted by molar-refractivity contribution is 7.97. The Bertz CT molecular complexity index is 60.7. The fourth-order valence-corrected chi connectivity index (χ4v) is 1.86. The summed E-state index contributed by atoms with van der Waals surface area (Å²) in [6.07, 6.45) is 0. The minimum atomic E-state index is 0.384. The van der Waals surface area contributed by atoms with Gasteiger partial charge in [-0.15, -0.1) is 11.6 Å². The van der Waals surface area contributed by atoms with Gasteiger partial charge in [0.1, 0.15) is 0 Å². The lowest BCUT2D eigenvalue weighted by molar-refractivity contribution is 0.600. The summed E-state index contributed by atoms with van der Waals surface area (Å²) in [4.78, 5) is 0. The van der Waals surface area contributed by atoms with Crippen LogP contribution in [0.1, 0.15) is 0 Å². The molecule has 0 bridgehead atoms. The van der Waals surface area contributed by atoms with Gasteiger partial charge >= 0.3 is 0 Å². The molecule has 0 aromatic carbocycles. The van der Waals surface area contributed by atoms with E-state index in [9.17, 15) is 0 Å². The second-order valence-electron chi connectivity index (χ2n) is 1.70. The molecular formula is C4H8ClNS. The first-order valence-corrected chi connectivity index (χ1v) is 3.65. The number of alkyl halides is 1. The molecule has 0 aromatic rings. The highest BCUT2D eigenvalue weighted by Crippen LogP contribution is 2.20. The SMILES string of the molecule is CN1CC(Cl)CS1. The summed E-state index contributed by atoms with van der Waals surface area (Å²) in [7, 11) is 2.06. The zero-order valence-corrected chi connectivity index (χ0v) is 5.80. The van der Waals surface area contributed by atoms with Gasteiger partial charge in [-0.05, 0) is 7.05 Å². The van der Waals surface area contributed by atoms with Crippen molar-refractivity contribution < 1.29 is 0 Å². The van der Waals surface area contributed by atoms with Crippen molar-refractivity contribution in [2.45, 2.75) is 5.38 Å². The van der Waals surface area contributed by atoms with Crippen LogP contribution in [0.4, 0.5) is 0 Å². The topological polar surface area (TPSA) is 3.24 Å². The molecule has 1 fully saturated rings. The number of hydrogen-bond donors (Lipinski definition) is 0. The molecule has 1 saturated heterocycles. The molecule has 3 heteroatoms. The summed E-state index contributed by atoms with van der Waals surface area (Å²) in [5, 5.41) is 0.384. The van der Waals surface area contributed by atoms with Crippen LogP contribution in [0.25, 0.3) is 0 Å². The van der Waals surface area contributed by atoms with E-state index in [-0.39, 0.29) is 0 Å². The molecule has 1 unspecified atom stereocenters. The van der Waals surface area contributed by atoms with Crippen LogP contribution in [0.15, 0.2) is 0 Å². The Morgan fingerprint density at radius 2 is 2.57 bits per heavy atom. The number of halogens is 1. The molecule has 0 N–H and O–H groups in total. The summed E-state index contributed by atoms with van der Waals surface area (Å²) in [5.41, 5.74) is 0. The minimum Gasteiger partial charge on any atom is -0.252 e. The van der Waals surface area contributed by atoms with Gasteiger partial charge in [-0.3, -0.25) is 4.31 Å². The molecule has 1 heterocycles. The molecule has 0 radical (unpaired) electrons. The molecule has 0 saturated carbocycles. The molecule has 1 aliphatic rings. The third kappa shape index (κ3) is 1.52. The largest absolute Gasteiger partial charge is 0.252 e. The van der Waals surface area contributed by atoms with Crippen LogP contribution in [-0.2, 0) is 0 Å². The normalized spacial score (nSPS) is 34.3. The highest BCUT2D eigenvalue weighted by Gasteiger charge is 2.16. The molecule has 0 aliphatic carbocycles.